The normalized spacial score (nSPS) is 11.1. The van der Waals surface area contributed by atoms with Crippen LogP contribution < -0.4 is 10.6 Å². The number of hydrogen-bond donors (Lipinski definition) is 3. The molecule has 1 rings (SSSR count). The predicted octanol–water partition coefficient (Wildman–Crippen LogP) is 0.391. The lowest BCUT2D eigenvalue weighted by Crippen LogP contribution is -2.53. The average molecular weight is 254 g/mol. The maximum Gasteiger partial charge on any atom is 0.328 e. The largest absolute Gasteiger partial charge is 0.480 e. The summed E-state index contributed by atoms with van der Waals surface area (Å²) in [7, 11) is 1.81. The van der Waals surface area contributed by atoms with Gasteiger partial charge in [-0.15, -0.1) is 0 Å². The van der Waals surface area contributed by atoms with Gasteiger partial charge in [-0.3, -0.25) is 4.68 Å². The van der Waals surface area contributed by atoms with Crippen LogP contribution in [-0.2, 0) is 18.4 Å². The first kappa shape index (κ1) is 14.0. The number of carboxylic acid groups (broad SMARTS) is 1. The summed E-state index contributed by atoms with van der Waals surface area (Å²) in [6.45, 7) is 5.04. The van der Waals surface area contributed by atoms with E-state index in [1.54, 1.807) is 10.9 Å². The molecule has 7 heteroatoms. The van der Waals surface area contributed by atoms with Crippen LogP contribution in [-0.4, -0.2) is 32.4 Å². The number of carboxylic acids is 1. The minimum absolute atomic E-state index is 0.307. The summed E-state index contributed by atoms with van der Waals surface area (Å²) in [6, 6.07) is -0.523. The smallest absolute Gasteiger partial charge is 0.328 e. The number of rotatable bonds is 4. The molecule has 0 aliphatic heterocycles. The Labute approximate surface area is 105 Å². The van der Waals surface area contributed by atoms with Gasteiger partial charge in [-0.2, -0.15) is 5.10 Å². The van der Waals surface area contributed by atoms with Gasteiger partial charge in [0.25, 0.3) is 0 Å². The molecule has 1 aromatic heterocycles. The van der Waals surface area contributed by atoms with Crippen molar-refractivity contribution in [2.45, 2.75) is 32.9 Å². The highest BCUT2D eigenvalue weighted by Crippen LogP contribution is 2.05. The maximum absolute atomic E-state index is 11.5. The van der Waals surface area contributed by atoms with Gasteiger partial charge in [-0.1, -0.05) is 0 Å². The highest BCUT2D eigenvalue weighted by molar-refractivity contribution is 5.85. The Morgan fingerprint density at radius 3 is 2.56 bits per heavy atom. The number of carbonyl (C=O) groups is 2. The highest BCUT2D eigenvalue weighted by atomic mass is 16.4. The summed E-state index contributed by atoms with van der Waals surface area (Å²) in [4.78, 5) is 22.4. The number of urea groups is 1. The van der Waals surface area contributed by atoms with Crippen LogP contribution in [0.5, 0.6) is 0 Å². The molecule has 0 bridgehead atoms. The Balaban J connectivity index is 2.52. The molecule has 0 saturated carbocycles. The van der Waals surface area contributed by atoms with Crippen molar-refractivity contribution in [2.24, 2.45) is 7.05 Å². The molecule has 0 atom stereocenters. The highest BCUT2D eigenvalue weighted by Gasteiger charge is 2.28. The molecule has 7 nitrogen and oxygen atoms in total. The number of aliphatic carboxylic acids is 1. The topological polar surface area (TPSA) is 96.2 Å². The van der Waals surface area contributed by atoms with Gasteiger partial charge in [0.05, 0.1) is 6.20 Å². The lowest BCUT2D eigenvalue weighted by atomic mass is 10.1. The molecular formula is C11H18N4O3. The van der Waals surface area contributed by atoms with Crippen molar-refractivity contribution in [3.8, 4) is 0 Å². The molecule has 0 unspecified atom stereocenters. The van der Waals surface area contributed by atoms with Crippen molar-refractivity contribution >= 4 is 12.0 Å². The van der Waals surface area contributed by atoms with Gasteiger partial charge in [0.1, 0.15) is 5.54 Å². The van der Waals surface area contributed by atoms with Gasteiger partial charge in [-0.05, 0) is 20.8 Å². The average Bonchev–Trinajstić information content (AvgIpc) is 2.56. The number of aromatic nitrogens is 2. The van der Waals surface area contributed by atoms with E-state index in [0.717, 1.165) is 11.3 Å². The van der Waals surface area contributed by atoms with Crippen molar-refractivity contribution in [2.75, 3.05) is 0 Å². The van der Waals surface area contributed by atoms with Gasteiger partial charge in [-0.25, -0.2) is 9.59 Å². The van der Waals surface area contributed by atoms with E-state index in [1.165, 1.54) is 13.8 Å². The molecule has 18 heavy (non-hydrogen) atoms. The van der Waals surface area contributed by atoms with Crippen LogP contribution in [0.2, 0.25) is 0 Å². The summed E-state index contributed by atoms with van der Waals surface area (Å²) in [5, 5.41) is 17.9. The van der Waals surface area contributed by atoms with Crippen molar-refractivity contribution in [3.63, 3.8) is 0 Å². The first-order valence-electron chi connectivity index (χ1n) is 5.51. The van der Waals surface area contributed by atoms with E-state index in [-0.39, 0.29) is 0 Å². The quantitative estimate of drug-likeness (QED) is 0.724. The Hall–Kier alpha value is -2.05. The Morgan fingerprint density at radius 1 is 1.50 bits per heavy atom. The Bertz CT molecular complexity index is 465. The van der Waals surface area contributed by atoms with Crippen LogP contribution in [0.4, 0.5) is 4.79 Å². The molecule has 0 aliphatic carbocycles. The Morgan fingerprint density at radius 2 is 2.11 bits per heavy atom. The lowest BCUT2D eigenvalue weighted by molar-refractivity contribution is -0.142. The van der Waals surface area contributed by atoms with E-state index in [9.17, 15) is 9.59 Å². The number of amides is 2. The third-order valence-electron chi connectivity index (χ3n) is 2.74. The van der Waals surface area contributed by atoms with E-state index in [1.807, 2.05) is 14.0 Å². The molecule has 1 aromatic rings. The molecule has 1 heterocycles. The zero-order valence-corrected chi connectivity index (χ0v) is 10.9. The van der Waals surface area contributed by atoms with Crippen LogP contribution in [0.1, 0.15) is 25.1 Å². The number of carbonyl (C=O) groups excluding carboxylic acids is 1. The Kier molecular flexibility index (Phi) is 3.95. The van der Waals surface area contributed by atoms with Gasteiger partial charge >= 0.3 is 12.0 Å². The number of aryl methyl sites for hydroxylation is 1. The van der Waals surface area contributed by atoms with Crippen LogP contribution >= 0.6 is 0 Å². The fourth-order valence-electron chi connectivity index (χ4n) is 1.27. The van der Waals surface area contributed by atoms with Crippen molar-refractivity contribution in [1.29, 1.82) is 0 Å². The van der Waals surface area contributed by atoms with Crippen molar-refractivity contribution < 1.29 is 14.7 Å². The summed E-state index contributed by atoms with van der Waals surface area (Å²) in [5.41, 5.74) is 0.544. The number of hydrogen-bond acceptors (Lipinski definition) is 3. The predicted molar refractivity (Wildman–Crippen MR) is 65.0 cm³/mol. The fourth-order valence-corrected chi connectivity index (χ4v) is 1.27. The summed E-state index contributed by atoms with van der Waals surface area (Å²) >= 11 is 0. The van der Waals surface area contributed by atoms with E-state index < -0.39 is 17.5 Å². The van der Waals surface area contributed by atoms with E-state index in [2.05, 4.69) is 15.7 Å². The number of nitrogens with zero attached hydrogens (tertiary/aromatic N) is 2. The first-order chi connectivity index (χ1) is 8.24. The molecule has 0 fully saturated rings. The molecule has 100 valence electrons. The summed E-state index contributed by atoms with van der Waals surface area (Å²) in [6.07, 6.45) is 1.66. The van der Waals surface area contributed by atoms with Crippen LogP contribution in [0, 0.1) is 6.92 Å². The fraction of sp³-hybridized carbons (Fsp3) is 0.545. The monoisotopic (exact) mass is 254 g/mol. The molecule has 0 radical (unpaired) electrons. The second kappa shape index (κ2) is 5.07. The second-order valence-corrected chi connectivity index (χ2v) is 4.62. The minimum atomic E-state index is -1.30. The molecule has 3 N–H and O–H groups in total. The third-order valence-corrected chi connectivity index (χ3v) is 2.74. The molecular weight excluding hydrogens is 236 g/mol. The molecule has 0 aromatic carbocycles. The standard InChI is InChI=1S/C11H18N4O3/c1-7-8(6-13-15(7)4)5-12-10(18)14-11(2,3)9(16)17/h6H,5H2,1-4H3,(H,16,17)(H2,12,14,18). The van der Waals surface area contributed by atoms with Crippen molar-refractivity contribution in [1.82, 2.24) is 20.4 Å². The first-order valence-corrected chi connectivity index (χ1v) is 5.51. The van der Waals surface area contributed by atoms with Crippen molar-refractivity contribution in [3.05, 3.63) is 17.5 Å². The molecule has 0 saturated heterocycles. The van der Waals surface area contributed by atoms with E-state index >= 15 is 0 Å². The number of nitrogens with one attached hydrogen (secondary N) is 2. The zero-order chi connectivity index (χ0) is 13.9. The van der Waals surface area contributed by atoms with Gasteiger partial charge in [0.15, 0.2) is 0 Å². The maximum atomic E-state index is 11.5. The second-order valence-electron chi connectivity index (χ2n) is 4.62. The molecule has 0 spiro atoms. The molecule has 2 amide bonds. The van der Waals surface area contributed by atoms with E-state index in [4.69, 9.17) is 5.11 Å². The summed E-state index contributed by atoms with van der Waals surface area (Å²) < 4.78 is 1.70. The minimum Gasteiger partial charge on any atom is -0.480 e. The van der Waals surface area contributed by atoms with Gasteiger partial charge in [0.2, 0.25) is 0 Å². The van der Waals surface area contributed by atoms with E-state index in [0.29, 0.717) is 6.54 Å². The lowest BCUT2D eigenvalue weighted by Gasteiger charge is -2.21. The van der Waals surface area contributed by atoms with Crippen LogP contribution in [0.25, 0.3) is 0 Å². The zero-order valence-electron chi connectivity index (χ0n) is 10.9. The SMILES string of the molecule is Cc1c(CNC(=O)NC(C)(C)C(=O)O)cnn1C. The third kappa shape index (κ3) is 3.22. The van der Waals surface area contributed by atoms with Crippen LogP contribution in [0.3, 0.4) is 0 Å². The summed E-state index contributed by atoms with van der Waals surface area (Å²) in [5.74, 6) is -1.09. The van der Waals surface area contributed by atoms with Crippen LogP contribution in [0.15, 0.2) is 6.20 Å². The van der Waals surface area contributed by atoms with Gasteiger partial charge in [0, 0.05) is 24.8 Å². The van der Waals surface area contributed by atoms with Gasteiger partial charge < -0.3 is 15.7 Å². The molecule has 0 aliphatic rings.